The smallest absolute Gasteiger partial charge is 0.162 e. The fraction of sp³-hybridized carbons (Fsp3) is 0.250. The molecule has 0 aliphatic heterocycles. The third-order valence-electron chi connectivity index (χ3n) is 4.13. The molecule has 0 spiro atoms. The predicted molar refractivity (Wildman–Crippen MR) is 93.9 cm³/mol. The molecule has 1 heterocycles. The van der Waals surface area contributed by atoms with E-state index >= 15 is 0 Å². The number of carbonyl (C=O) groups excluding carboxylic acids is 1. The molecule has 3 nitrogen and oxygen atoms in total. The molecule has 0 N–H and O–H groups in total. The Labute approximate surface area is 136 Å². The average molecular weight is 307 g/mol. The SMILES string of the molecule is CCOc1ccc2c(c1)c(C(C)=O)c(C)n2-c1ccc(C)cc1. The molecular weight excluding hydrogens is 286 g/mol. The molecule has 2 aromatic carbocycles. The average Bonchev–Trinajstić information content (AvgIpc) is 2.80. The zero-order valence-corrected chi connectivity index (χ0v) is 14.0. The molecule has 0 saturated carbocycles. The maximum atomic E-state index is 12.2. The number of hydrogen-bond donors (Lipinski definition) is 0. The maximum absolute atomic E-state index is 12.2. The summed E-state index contributed by atoms with van der Waals surface area (Å²) in [6, 6.07) is 14.3. The van der Waals surface area contributed by atoms with E-state index < -0.39 is 0 Å². The van der Waals surface area contributed by atoms with E-state index in [1.807, 2.05) is 32.0 Å². The van der Waals surface area contributed by atoms with Crippen LogP contribution in [-0.2, 0) is 0 Å². The third kappa shape index (κ3) is 2.63. The van der Waals surface area contributed by atoms with E-state index in [2.05, 4.69) is 35.8 Å². The van der Waals surface area contributed by atoms with Gasteiger partial charge in [0.1, 0.15) is 5.75 Å². The molecule has 23 heavy (non-hydrogen) atoms. The van der Waals surface area contributed by atoms with Crippen LogP contribution < -0.4 is 4.74 Å². The van der Waals surface area contributed by atoms with Gasteiger partial charge in [-0.25, -0.2) is 0 Å². The highest BCUT2D eigenvalue weighted by Crippen LogP contribution is 2.32. The molecule has 0 amide bonds. The van der Waals surface area contributed by atoms with Crippen molar-refractivity contribution < 1.29 is 9.53 Å². The van der Waals surface area contributed by atoms with E-state index in [0.29, 0.717) is 6.61 Å². The maximum Gasteiger partial charge on any atom is 0.162 e. The number of aryl methyl sites for hydroxylation is 1. The molecule has 0 aliphatic carbocycles. The summed E-state index contributed by atoms with van der Waals surface area (Å²) in [6.45, 7) is 8.25. The number of carbonyl (C=O) groups is 1. The standard InChI is InChI=1S/C20H21NO2/c1-5-23-17-10-11-19-18(12-17)20(15(4)22)14(3)21(19)16-8-6-13(2)7-9-16/h6-12H,5H2,1-4H3. The van der Waals surface area contributed by atoms with Gasteiger partial charge >= 0.3 is 0 Å². The minimum atomic E-state index is 0.0759. The Morgan fingerprint density at radius 1 is 1.09 bits per heavy atom. The van der Waals surface area contributed by atoms with Gasteiger partial charge in [0.05, 0.1) is 12.1 Å². The first-order chi connectivity index (χ1) is 11.0. The molecule has 0 radical (unpaired) electrons. The van der Waals surface area contributed by atoms with Crippen LogP contribution in [0.25, 0.3) is 16.6 Å². The normalized spacial score (nSPS) is 11.0. The van der Waals surface area contributed by atoms with E-state index in [4.69, 9.17) is 4.74 Å². The summed E-state index contributed by atoms with van der Waals surface area (Å²) in [5.41, 5.74) is 5.04. The zero-order chi connectivity index (χ0) is 16.6. The summed E-state index contributed by atoms with van der Waals surface area (Å²) < 4.78 is 7.74. The molecule has 3 aromatic rings. The first kappa shape index (κ1) is 15.3. The highest BCUT2D eigenvalue weighted by atomic mass is 16.5. The molecule has 0 atom stereocenters. The number of benzene rings is 2. The number of ketones is 1. The third-order valence-corrected chi connectivity index (χ3v) is 4.13. The molecular formula is C20H21NO2. The van der Waals surface area contributed by atoms with Gasteiger partial charge in [-0.3, -0.25) is 4.79 Å². The van der Waals surface area contributed by atoms with Gasteiger partial charge in [-0.15, -0.1) is 0 Å². The largest absolute Gasteiger partial charge is 0.494 e. The predicted octanol–water partition coefficient (Wildman–Crippen LogP) is 4.85. The van der Waals surface area contributed by atoms with Gasteiger partial charge in [0.25, 0.3) is 0 Å². The van der Waals surface area contributed by atoms with Crippen molar-refractivity contribution in [1.29, 1.82) is 0 Å². The van der Waals surface area contributed by atoms with Crippen LogP contribution in [0, 0.1) is 13.8 Å². The molecule has 0 bridgehead atoms. The summed E-state index contributed by atoms with van der Waals surface area (Å²) in [5.74, 6) is 0.871. The number of rotatable bonds is 4. The van der Waals surface area contributed by atoms with E-state index in [0.717, 1.165) is 33.6 Å². The van der Waals surface area contributed by atoms with Crippen molar-refractivity contribution in [3.05, 3.63) is 59.3 Å². The van der Waals surface area contributed by atoms with Crippen LogP contribution in [0.1, 0.15) is 35.5 Å². The van der Waals surface area contributed by atoms with E-state index in [1.54, 1.807) is 6.92 Å². The Morgan fingerprint density at radius 2 is 1.78 bits per heavy atom. The highest BCUT2D eigenvalue weighted by Gasteiger charge is 2.18. The summed E-state index contributed by atoms with van der Waals surface area (Å²) in [7, 11) is 0. The van der Waals surface area contributed by atoms with Crippen LogP contribution in [0.15, 0.2) is 42.5 Å². The van der Waals surface area contributed by atoms with E-state index in [-0.39, 0.29) is 5.78 Å². The van der Waals surface area contributed by atoms with Crippen molar-refractivity contribution in [2.45, 2.75) is 27.7 Å². The Hall–Kier alpha value is -2.55. The minimum absolute atomic E-state index is 0.0759. The van der Waals surface area contributed by atoms with Crippen molar-refractivity contribution in [2.75, 3.05) is 6.61 Å². The lowest BCUT2D eigenvalue weighted by Gasteiger charge is -2.09. The molecule has 1 aromatic heterocycles. The first-order valence-electron chi connectivity index (χ1n) is 7.88. The van der Waals surface area contributed by atoms with Gasteiger partial charge in [-0.2, -0.15) is 0 Å². The summed E-state index contributed by atoms with van der Waals surface area (Å²) in [6.07, 6.45) is 0. The molecule has 3 rings (SSSR count). The second-order valence-corrected chi connectivity index (χ2v) is 5.80. The number of nitrogens with zero attached hydrogens (tertiary/aromatic N) is 1. The minimum Gasteiger partial charge on any atom is -0.494 e. The lowest BCUT2D eigenvalue weighted by atomic mass is 10.1. The van der Waals surface area contributed by atoms with Crippen molar-refractivity contribution in [3.8, 4) is 11.4 Å². The molecule has 0 fully saturated rings. The Kier molecular flexibility index (Phi) is 3.95. The lowest BCUT2D eigenvalue weighted by molar-refractivity contribution is 0.101. The molecule has 0 unspecified atom stereocenters. The number of fused-ring (bicyclic) bond motifs is 1. The second-order valence-electron chi connectivity index (χ2n) is 5.80. The Balaban J connectivity index is 2.31. The molecule has 118 valence electrons. The quantitative estimate of drug-likeness (QED) is 0.645. The van der Waals surface area contributed by atoms with Gasteiger partial charge in [0.2, 0.25) is 0 Å². The number of aromatic nitrogens is 1. The van der Waals surface area contributed by atoms with Crippen LogP contribution in [0.4, 0.5) is 0 Å². The van der Waals surface area contributed by atoms with Crippen molar-refractivity contribution in [2.24, 2.45) is 0 Å². The Bertz CT molecular complexity index is 873. The van der Waals surface area contributed by atoms with Gasteiger partial charge < -0.3 is 9.30 Å². The van der Waals surface area contributed by atoms with Crippen LogP contribution in [0.2, 0.25) is 0 Å². The highest BCUT2D eigenvalue weighted by molar-refractivity contribution is 6.09. The number of ether oxygens (including phenoxy) is 1. The van der Waals surface area contributed by atoms with Gasteiger partial charge in [-0.1, -0.05) is 17.7 Å². The summed E-state index contributed by atoms with van der Waals surface area (Å²) in [5, 5.41) is 0.946. The molecule has 3 heteroatoms. The second kappa shape index (κ2) is 5.92. The van der Waals surface area contributed by atoms with E-state index in [1.165, 1.54) is 5.56 Å². The zero-order valence-electron chi connectivity index (χ0n) is 14.0. The van der Waals surface area contributed by atoms with Crippen LogP contribution >= 0.6 is 0 Å². The van der Waals surface area contributed by atoms with Gasteiger partial charge in [0.15, 0.2) is 5.78 Å². The Morgan fingerprint density at radius 3 is 2.39 bits per heavy atom. The fourth-order valence-electron chi connectivity index (χ4n) is 3.13. The van der Waals surface area contributed by atoms with Gasteiger partial charge in [0, 0.05) is 22.3 Å². The van der Waals surface area contributed by atoms with Crippen LogP contribution in [0.5, 0.6) is 5.75 Å². The lowest BCUT2D eigenvalue weighted by Crippen LogP contribution is -1.99. The topological polar surface area (TPSA) is 31.2 Å². The monoisotopic (exact) mass is 307 g/mol. The summed E-state index contributed by atoms with van der Waals surface area (Å²) >= 11 is 0. The van der Waals surface area contributed by atoms with Crippen LogP contribution in [-0.4, -0.2) is 17.0 Å². The van der Waals surface area contributed by atoms with Crippen LogP contribution in [0.3, 0.4) is 0 Å². The van der Waals surface area contributed by atoms with Crippen molar-refractivity contribution >= 4 is 16.7 Å². The number of Topliss-reactive ketones (excluding diaryl/α,β-unsaturated/α-hetero) is 1. The van der Waals surface area contributed by atoms with E-state index in [9.17, 15) is 4.79 Å². The fourth-order valence-corrected chi connectivity index (χ4v) is 3.13. The summed E-state index contributed by atoms with van der Waals surface area (Å²) in [4.78, 5) is 12.2. The molecule has 0 aliphatic rings. The van der Waals surface area contributed by atoms with Crippen molar-refractivity contribution in [3.63, 3.8) is 0 Å². The molecule has 0 saturated heterocycles. The van der Waals surface area contributed by atoms with Crippen molar-refractivity contribution in [1.82, 2.24) is 4.57 Å². The van der Waals surface area contributed by atoms with Gasteiger partial charge in [-0.05, 0) is 58.0 Å². The number of hydrogen-bond acceptors (Lipinski definition) is 2. The first-order valence-corrected chi connectivity index (χ1v) is 7.88.